The predicted octanol–water partition coefficient (Wildman–Crippen LogP) is 2.29. The molecule has 1 atom stereocenters. The molecule has 1 saturated heterocycles. The van der Waals surface area contributed by atoms with Crippen LogP contribution in [0.15, 0.2) is 18.5 Å². The normalized spacial score (nSPS) is 19.6. The summed E-state index contributed by atoms with van der Waals surface area (Å²) in [6.45, 7) is 5.09. The van der Waals surface area contributed by atoms with Gasteiger partial charge in [0, 0.05) is 32.0 Å². The van der Waals surface area contributed by atoms with Gasteiger partial charge in [-0.2, -0.15) is 0 Å². The molecule has 0 spiro atoms. The Morgan fingerprint density at radius 3 is 3.11 bits per heavy atom. The first kappa shape index (κ1) is 14.3. The van der Waals surface area contributed by atoms with Gasteiger partial charge in [-0.05, 0) is 32.0 Å². The molecule has 0 N–H and O–H groups in total. The third-order valence-corrected chi connectivity index (χ3v) is 4.06. The van der Waals surface area contributed by atoms with E-state index in [1.54, 1.807) is 17.2 Å². The van der Waals surface area contributed by atoms with Crippen molar-refractivity contribution in [1.82, 2.24) is 14.8 Å². The highest BCUT2D eigenvalue weighted by Gasteiger charge is 2.26. The average molecular weight is 282 g/mol. The summed E-state index contributed by atoms with van der Waals surface area (Å²) in [7, 11) is 1.83. The topological polar surface area (TPSA) is 36.4 Å². The molecule has 1 fully saturated rings. The van der Waals surface area contributed by atoms with E-state index in [0.29, 0.717) is 16.6 Å². The van der Waals surface area contributed by atoms with E-state index in [1.165, 1.54) is 12.6 Å². The Morgan fingerprint density at radius 2 is 2.42 bits per heavy atom. The summed E-state index contributed by atoms with van der Waals surface area (Å²) in [5.74, 6) is -0.0546. The fourth-order valence-corrected chi connectivity index (χ4v) is 2.84. The van der Waals surface area contributed by atoms with Crippen LogP contribution in [0.25, 0.3) is 0 Å². The lowest BCUT2D eigenvalue weighted by atomic mass is 10.2. The number of hydrogen-bond acceptors (Lipinski definition) is 3. The van der Waals surface area contributed by atoms with Gasteiger partial charge in [-0.15, -0.1) is 0 Å². The van der Waals surface area contributed by atoms with Crippen molar-refractivity contribution in [3.8, 4) is 0 Å². The molecule has 104 valence electrons. The Kier molecular flexibility index (Phi) is 4.77. The van der Waals surface area contributed by atoms with Gasteiger partial charge >= 0.3 is 0 Å². The van der Waals surface area contributed by atoms with Gasteiger partial charge in [0.25, 0.3) is 5.91 Å². The fraction of sp³-hybridized carbons (Fsp3) is 0.571. The minimum Gasteiger partial charge on any atom is -0.340 e. The molecule has 1 aromatic rings. The van der Waals surface area contributed by atoms with E-state index >= 15 is 0 Å². The van der Waals surface area contributed by atoms with Crippen LogP contribution in [0.1, 0.15) is 30.1 Å². The third-order valence-electron chi connectivity index (χ3n) is 3.73. The summed E-state index contributed by atoms with van der Waals surface area (Å²) < 4.78 is 0. The van der Waals surface area contributed by atoms with Crippen LogP contribution in [0.4, 0.5) is 0 Å². The lowest BCUT2D eigenvalue weighted by Gasteiger charge is -2.27. The number of likely N-dealkylation sites (N-methyl/N-ethyl adjacent to an activating group) is 2. The molecule has 1 aliphatic rings. The van der Waals surface area contributed by atoms with Crippen LogP contribution in [-0.2, 0) is 0 Å². The third kappa shape index (κ3) is 3.25. The Balaban J connectivity index is 2.02. The van der Waals surface area contributed by atoms with Crippen LogP contribution >= 0.6 is 11.6 Å². The number of amides is 1. The van der Waals surface area contributed by atoms with Gasteiger partial charge in [-0.1, -0.05) is 18.5 Å². The van der Waals surface area contributed by atoms with Crippen LogP contribution in [0, 0.1) is 0 Å². The second kappa shape index (κ2) is 6.35. The average Bonchev–Trinajstić information content (AvgIpc) is 2.85. The second-order valence-electron chi connectivity index (χ2n) is 4.97. The van der Waals surface area contributed by atoms with Crippen LogP contribution < -0.4 is 0 Å². The maximum atomic E-state index is 12.3. The standard InChI is InChI=1S/C14H20ClN3O/c1-3-18-8-4-5-11(18)10-17(2)14(19)12-9-16-7-6-13(12)15/h6-7,9,11H,3-5,8,10H2,1-2H3. The zero-order valence-corrected chi connectivity index (χ0v) is 12.2. The van der Waals surface area contributed by atoms with E-state index in [0.717, 1.165) is 26.1 Å². The van der Waals surface area contributed by atoms with Crippen molar-refractivity contribution < 1.29 is 4.79 Å². The molecular weight excluding hydrogens is 262 g/mol. The van der Waals surface area contributed by atoms with Crippen molar-refractivity contribution in [2.24, 2.45) is 0 Å². The monoisotopic (exact) mass is 281 g/mol. The number of aromatic nitrogens is 1. The molecule has 19 heavy (non-hydrogen) atoms. The van der Waals surface area contributed by atoms with E-state index in [1.807, 2.05) is 7.05 Å². The number of carbonyl (C=O) groups is 1. The van der Waals surface area contributed by atoms with Crippen LogP contribution in [0.5, 0.6) is 0 Å². The number of nitrogens with zero attached hydrogens (tertiary/aromatic N) is 3. The van der Waals surface area contributed by atoms with Crippen molar-refractivity contribution in [3.63, 3.8) is 0 Å². The maximum Gasteiger partial charge on any atom is 0.256 e. The van der Waals surface area contributed by atoms with Crippen LogP contribution in [-0.4, -0.2) is 53.4 Å². The molecule has 0 aliphatic carbocycles. The number of carbonyl (C=O) groups excluding carboxylic acids is 1. The molecule has 0 aromatic carbocycles. The lowest BCUT2D eigenvalue weighted by molar-refractivity contribution is 0.0754. The first-order valence-electron chi connectivity index (χ1n) is 6.72. The molecule has 5 heteroatoms. The molecule has 0 radical (unpaired) electrons. The molecule has 1 unspecified atom stereocenters. The van der Waals surface area contributed by atoms with Crippen LogP contribution in [0.3, 0.4) is 0 Å². The Bertz CT molecular complexity index is 452. The lowest BCUT2D eigenvalue weighted by Crippen LogP contribution is -2.41. The summed E-state index contributed by atoms with van der Waals surface area (Å²) in [6, 6.07) is 2.12. The molecule has 2 heterocycles. The SMILES string of the molecule is CCN1CCCC1CN(C)C(=O)c1cnccc1Cl. The van der Waals surface area contributed by atoms with Gasteiger partial charge in [0.15, 0.2) is 0 Å². The van der Waals surface area contributed by atoms with Gasteiger partial charge in [0.05, 0.1) is 10.6 Å². The number of hydrogen-bond donors (Lipinski definition) is 0. The van der Waals surface area contributed by atoms with E-state index < -0.39 is 0 Å². The molecule has 1 aromatic heterocycles. The summed E-state index contributed by atoms with van der Waals surface area (Å²) >= 11 is 6.04. The molecule has 2 rings (SSSR count). The van der Waals surface area contributed by atoms with Crippen molar-refractivity contribution in [2.75, 3.05) is 26.7 Å². The number of pyridine rings is 1. The Morgan fingerprint density at radius 1 is 1.63 bits per heavy atom. The van der Waals surface area contributed by atoms with Gasteiger partial charge in [0.2, 0.25) is 0 Å². The van der Waals surface area contributed by atoms with Crippen molar-refractivity contribution >= 4 is 17.5 Å². The summed E-state index contributed by atoms with van der Waals surface area (Å²) in [5.41, 5.74) is 0.479. The maximum absolute atomic E-state index is 12.3. The van der Waals surface area contributed by atoms with Crippen molar-refractivity contribution in [3.05, 3.63) is 29.0 Å². The van der Waals surface area contributed by atoms with Crippen molar-refractivity contribution in [2.45, 2.75) is 25.8 Å². The molecule has 1 amide bonds. The second-order valence-corrected chi connectivity index (χ2v) is 5.37. The first-order chi connectivity index (χ1) is 9.13. The molecular formula is C14H20ClN3O. The summed E-state index contributed by atoms with van der Waals surface area (Å²) in [5, 5.41) is 0.464. The number of likely N-dealkylation sites (tertiary alicyclic amines) is 1. The molecule has 0 saturated carbocycles. The molecule has 1 aliphatic heterocycles. The quantitative estimate of drug-likeness (QED) is 0.850. The zero-order chi connectivity index (χ0) is 13.8. The van der Waals surface area contributed by atoms with Crippen LogP contribution in [0.2, 0.25) is 5.02 Å². The van der Waals surface area contributed by atoms with E-state index in [9.17, 15) is 4.79 Å². The summed E-state index contributed by atoms with van der Waals surface area (Å²) in [4.78, 5) is 20.5. The Labute approximate surface area is 119 Å². The minimum atomic E-state index is -0.0546. The zero-order valence-electron chi connectivity index (χ0n) is 11.5. The van der Waals surface area contributed by atoms with Gasteiger partial charge < -0.3 is 4.90 Å². The van der Waals surface area contributed by atoms with Crippen molar-refractivity contribution in [1.29, 1.82) is 0 Å². The first-order valence-corrected chi connectivity index (χ1v) is 7.10. The smallest absolute Gasteiger partial charge is 0.256 e. The highest BCUT2D eigenvalue weighted by atomic mass is 35.5. The van der Waals surface area contributed by atoms with Gasteiger partial charge in [-0.25, -0.2) is 0 Å². The number of halogens is 1. The van der Waals surface area contributed by atoms with E-state index in [2.05, 4.69) is 16.8 Å². The largest absolute Gasteiger partial charge is 0.340 e. The van der Waals surface area contributed by atoms with Gasteiger partial charge in [0.1, 0.15) is 0 Å². The van der Waals surface area contributed by atoms with E-state index in [-0.39, 0.29) is 5.91 Å². The molecule has 0 bridgehead atoms. The fourth-order valence-electron chi connectivity index (χ4n) is 2.66. The minimum absolute atomic E-state index is 0.0546. The Hall–Kier alpha value is -1.13. The highest BCUT2D eigenvalue weighted by molar-refractivity contribution is 6.33. The predicted molar refractivity (Wildman–Crippen MR) is 76.5 cm³/mol. The number of rotatable bonds is 4. The summed E-state index contributed by atoms with van der Waals surface area (Å²) in [6.07, 6.45) is 5.50. The highest BCUT2D eigenvalue weighted by Crippen LogP contribution is 2.19. The van der Waals surface area contributed by atoms with E-state index in [4.69, 9.17) is 11.6 Å². The van der Waals surface area contributed by atoms with Gasteiger partial charge in [-0.3, -0.25) is 14.7 Å². The molecule has 4 nitrogen and oxygen atoms in total.